The van der Waals surface area contributed by atoms with Crippen molar-refractivity contribution in [3.63, 3.8) is 0 Å². The first-order valence-electron chi connectivity index (χ1n) is 9.62. The topological polar surface area (TPSA) is 197 Å². The molecule has 0 aliphatic rings. The van der Waals surface area contributed by atoms with Crippen LogP contribution in [0.2, 0.25) is 0 Å². The third kappa shape index (κ3) is 5.66. The van der Waals surface area contributed by atoms with Crippen LogP contribution in [0.3, 0.4) is 0 Å². The summed E-state index contributed by atoms with van der Waals surface area (Å²) in [6.07, 6.45) is 1.98. The van der Waals surface area contributed by atoms with E-state index >= 15 is 0 Å². The number of hydrogen-bond donors (Lipinski definition) is 6. The van der Waals surface area contributed by atoms with Gasteiger partial charge in [-0.05, 0) is 42.7 Å². The van der Waals surface area contributed by atoms with Gasteiger partial charge >= 0.3 is 11.9 Å². The molecular weight excluding hydrogens is 436 g/mol. The number of thioether (sulfide) groups is 1. The number of carbonyl (C=O) groups is 3. The minimum absolute atomic E-state index is 0.110. The number of nitrogens with zero attached hydrogens (tertiary/aromatic N) is 2. The largest absolute Gasteiger partial charge is 0.481 e. The number of nitrogen functional groups attached to an aromatic ring is 2. The highest BCUT2D eigenvalue weighted by molar-refractivity contribution is 7.99. The summed E-state index contributed by atoms with van der Waals surface area (Å²) in [6.45, 7) is 0. The van der Waals surface area contributed by atoms with E-state index in [-0.39, 0.29) is 24.4 Å². The van der Waals surface area contributed by atoms with E-state index in [0.29, 0.717) is 17.9 Å². The number of aromatic nitrogens is 3. The molecule has 0 aliphatic heterocycles. The lowest BCUT2D eigenvalue weighted by Crippen LogP contribution is -2.41. The van der Waals surface area contributed by atoms with Crippen molar-refractivity contribution in [1.82, 2.24) is 20.3 Å². The summed E-state index contributed by atoms with van der Waals surface area (Å²) in [4.78, 5) is 46.3. The Hall–Kier alpha value is -3.80. The summed E-state index contributed by atoms with van der Waals surface area (Å²) < 4.78 is 0. The molecule has 168 valence electrons. The van der Waals surface area contributed by atoms with Crippen LogP contribution >= 0.6 is 11.8 Å². The van der Waals surface area contributed by atoms with E-state index in [9.17, 15) is 14.4 Å². The van der Waals surface area contributed by atoms with Crippen LogP contribution in [0, 0.1) is 0 Å². The maximum absolute atomic E-state index is 12.3. The van der Waals surface area contributed by atoms with Gasteiger partial charge in [0, 0.05) is 28.8 Å². The zero-order valence-electron chi connectivity index (χ0n) is 16.9. The number of benzene rings is 1. The molecule has 0 unspecified atom stereocenters. The summed E-state index contributed by atoms with van der Waals surface area (Å²) >= 11 is 1.58. The molecule has 3 rings (SSSR count). The highest BCUT2D eigenvalue weighted by Crippen LogP contribution is 2.26. The van der Waals surface area contributed by atoms with Crippen LogP contribution in [-0.4, -0.2) is 54.8 Å². The van der Waals surface area contributed by atoms with Gasteiger partial charge in [-0.1, -0.05) is 0 Å². The standard InChI is InChI=1S/C20H22N6O5S/c21-16-15-11(9-23-17(15)26-20(22)25-16)7-8-32-12-3-1-10(2-4-12)18(29)24-13(19(30)31)5-6-14(27)28/h1-4,9,13H,5-8H2,(H,24,29)(H,27,28)(H,30,31)(H5,21,22,23,25,26)/t13-/m0/s1. The molecule has 3 aromatic rings. The van der Waals surface area contributed by atoms with Crippen LogP contribution in [0.15, 0.2) is 35.4 Å². The van der Waals surface area contributed by atoms with Gasteiger partial charge in [-0.15, -0.1) is 11.8 Å². The molecule has 0 spiro atoms. The number of carboxylic acid groups (broad SMARTS) is 2. The number of rotatable bonds is 10. The number of amides is 1. The average molecular weight is 459 g/mol. The second kappa shape index (κ2) is 10.0. The predicted octanol–water partition coefficient (Wildman–Crippen LogP) is 1.50. The van der Waals surface area contributed by atoms with Crippen molar-refractivity contribution in [2.45, 2.75) is 30.2 Å². The van der Waals surface area contributed by atoms with E-state index in [0.717, 1.165) is 21.6 Å². The van der Waals surface area contributed by atoms with Crippen molar-refractivity contribution in [2.75, 3.05) is 17.2 Å². The van der Waals surface area contributed by atoms with Gasteiger partial charge in [-0.2, -0.15) is 9.97 Å². The van der Waals surface area contributed by atoms with Crippen LogP contribution in [0.1, 0.15) is 28.8 Å². The first-order chi connectivity index (χ1) is 15.2. The highest BCUT2D eigenvalue weighted by Gasteiger charge is 2.21. The Balaban J connectivity index is 1.56. The van der Waals surface area contributed by atoms with Crippen LogP contribution in [0.4, 0.5) is 11.8 Å². The summed E-state index contributed by atoms with van der Waals surface area (Å²) in [7, 11) is 0. The molecule has 0 bridgehead atoms. The first-order valence-corrected chi connectivity index (χ1v) is 10.6. The van der Waals surface area contributed by atoms with Gasteiger partial charge in [-0.25, -0.2) is 4.79 Å². The first kappa shape index (κ1) is 22.9. The third-order valence-corrected chi connectivity index (χ3v) is 5.68. The van der Waals surface area contributed by atoms with E-state index in [1.165, 1.54) is 0 Å². The Kier molecular flexibility index (Phi) is 7.15. The lowest BCUT2D eigenvalue weighted by atomic mass is 10.1. The second-order valence-corrected chi connectivity index (χ2v) is 8.09. The van der Waals surface area contributed by atoms with Crippen LogP contribution < -0.4 is 16.8 Å². The van der Waals surface area contributed by atoms with Crippen molar-refractivity contribution in [1.29, 1.82) is 0 Å². The molecule has 0 saturated carbocycles. The van der Waals surface area contributed by atoms with Crippen LogP contribution in [0.25, 0.3) is 11.0 Å². The number of hydrogen-bond acceptors (Lipinski definition) is 8. The Morgan fingerprint density at radius 3 is 2.50 bits per heavy atom. The molecule has 1 amide bonds. The fourth-order valence-corrected chi connectivity index (χ4v) is 3.98. The zero-order valence-corrected chi connectivity index (χ0v) is 17.7. The Labute approximate surface area is 186 Å². The number of aliphatic carboxylic acids is 2. The van der Waals surface area contributed by atoms with Gasteiger partial charge in [-0.3, -0.25) is 9.59 Å². The summed E-state index contributed by atoms with van der Waals surface area (Å²) in [5.41, 5.74) is 13.4. The van der Waals surface area contributed by atoms with Crippen LogP contribution in [-0.2, 0) is 16.0 Å². The molecular formula is C20H22N6O5S. The molecule has 2 heterocycles. The smallest absolute Gasteiger partial charge is 0.326 e. The minimum Gasteiger partial charge on any atom is -0.481 e. The number of aryl methyl sites for hydroxylation is 1. The fourth-order valence-electron chi connectivity index (χ4n) is 3.09. The highest BCUT2D eigenvalue weighted by atomic mass is 32.2. The van der Waals surface area contributed by atoms with Crippen molar-refractivity contribution >= 4 is 52.4 Å². The van der Waals surface area contributed by atoms with E-state index in [1.54, 1.807) is 36.0 Å². The van der Waals surface area contributed by atoms with Crippen molar-refractivity contribution in [3.05, 3.63) is 41.6 Å². The second-order valence-electron chi connectivity index (χ2n) is 6.92. The summed E-state index contributed by atoms with van der Waals surface area (Å²) in [5, 5.41) is 21.0. The van der Waals surface area contributed by atoms with Crippen molar-refractivity contribution in [2.24, 2.45) is 0 Å². The molecule has 1 atom stereocenters. The molecule has 12 heteroatoms. The van der Waals surface area contributed by atoms with Gasteiger partial charge in [0.05, 0.1) is 5.39 Å². The van der Waals surface area contributed by atoms with Gasteiger partial charge < -0.3 is 32.0 Å². The minimum atomic E-state index is -1.28. The predicted molar refractivity (Wildman–Crippen MR) is 119 cm³/mol. The number of H-pyrrole nitrogens is 1. The van der Waals surface area contributed by atoms with Gasteiger partial charge in [0.15, 0.2) is 0 Å². The monoisotopic (exact) mass is 458 g/mol. The molecule has 0 fully saturated rings. The maximum Gasteiger partial charge on any atom is 0.326 e. The molecule has 32 heavy (non-hydrogen) atoms. The number of fused-ring (bicyclic) bond motifs is 1. The Morgan fingerprint density at radius 1 is 1.12 bits per heavy atom. The fraction of sp³-hybridized carbons (Fsp3) is 0.250. The van der Waals surface area contributed by atoms with E-state index < -0.39 is 23.9 Å². The van der Waals surface area contributed by atoms with E-state index in [1.807, 2.05) is 6.20 Å². The zero-order chi connectivity index (χ0) is 23.3. The summed E-state index contributed by atoms with van der Waals surface area (Å²) in [6, 6.07) is 5.44. The van der Waals surface area contributed by atoms with E-state index in [4.69, 9.17) is 21.7 Å². The molecule has 0 saturated heterocycles. The lowest BCUT2D eigenvalue weighted by Gasteiger charge is -2.13. The molecule has 0 radical (unpaired) electrons. The molecule has 0 aliphatic carbocycles. The lowest BCUT2D eigenvalue weighted by molar-refractivity contribution is -0.140. The number of carbonyl (C=O) groups excluding carboxylic acids is 1. The summed E-state index contributed by atoms with van der Waals surface area (Å²) in [5.74, 6) is -1.81. The van der Waals surface area contributed by atoms with Crippen LogP contribution in [0.5, 0.6) is 0 Å². The maximum atomic E-state index is 12.3. The molecule has 1 aromatic carbocycles. The number of anilines is 2. The normalized spacial score (nSPS) is 11.9. The van der Waals surface area contributed by atoms with E-state index in [2.05, 4.69) is 20.3 Å². The Bertz CT molecular complexity index is 1150. The SMILES string of the molecule is Nc1nc(N)c2c(CCSc3ccc(C(=O)N[C@@H](CCC(=O)O)C(=O)O)cc3)c[nH]c2n1. The number of nitrogens with one attached hydrogen (secondary N) is 2. The number of nitrogens with two attached hydrogens (primary N) is 2. The number of carboxylic acids is 2. The quantitative estimate of drug-likeness (QED) is 0.242. The van der Waals surface area contributed by atoms with Crippen molar-refractivity contribution in [3.8, 4) is 0 Å². The number of aromatic amines is 1. The molecule has 11 nitrogen and oxygen atoms in total. The average Bonchev–Trinajstić information content (AvgIpc) is 3.14. The van der Waals surface area contributed by atoms with Gasteiger partial charge in [0.25, 0.3) is 5.91 Å². The Morgan fingerprint density at radius 2 is 1.84 bits per heavy atom. The van der Waals surface area contributed by atoms with Gasteiger partial charge in [0.2, 0.25) is 5.95 Å². The molecule has 8 N–H and O–H groups in total. The molecule has 2 aromatic heterocycles. The van der Waals surface area contributed by atoms with Gasteiger partial charge in [0.1, 0.15) is 17.5 Å². The third-order valence-electron chi connectivity index (χ3n) is 4.67. The van der Waals surface area contributed by atoms with Crippen molar-refractivity contribution < 1.29 is 24.6 Å².